The standard InChI is InChI=1S/C32H37N3O4/c1-24-8-6-9-26(20-24)32(37)35(17-7-19-38-2)23-31(36)34(22-25-12-14-28(39-3)15-13-25)18-16-27-21-33-30-11-5-4-10-29(27)30/h4-6,8-15,20-21,33H,7,16-19,22-23H2,1-3H3. The molecule has 3 aromatic carbocycles. The lowest BCUT2D eigenvalue weighted by Crippen LogP contribution is -2.44. The molecule has 0 aliphatic carbocycles. The molecule has 0 saturated heterocycles. The summed E-state index contributed by atoms with van der Waals surface area (Å²) in [6.07, 6.45) is 3.36. The molecule has 204 valence electrons. The van der Waals surface area contributed by atoms with Crippen LogP contribution in [0, 0.1) is 6.92 Å². The first-order valence-electron chi connectivity index (χ1n) is 13.3. The summed E-state index contributed by atoms with van der Waals surface area (Å²) in [4.78, 5) is 34.1. The van der Waals surface area contributed by atoms with Gasteiger partial charge in [-0.3, -0.25) is 9.59 Å². The van der Waals surface area contributed by atoms with Crippen molar-refractivity contribution in [1.82, 2.24) is 14.8 Å². The van der Waals surface area contributed by atoms with E-state index in [0.717, 1.165) is 33.3 Å². The number of nitrogens with one attached hydrogen (secondary N) is 1. The van der Waals surface area contributed by atoms with E-state index in [1.807, 2.05) is 78.7 Å². The number of amides is 2. The quantitative estimate of drug-likeness (QED) is 0.242. The number of aryl methyl sites for hydroxylation is 1. The number of methoxy groups -OCH3 is 2. The van der Waals surface area contributed by atoms with Gasteiger partial charge in [0.2, 0.25) is 5.91 Å². The van der Waals surface area contributed by atoms with Crippen molar-refractivity contribution in [2.45, 2.75) is 26.3 Å². The number of fused-ring (bicyclic) bond motifs is 1. The third-order valence-electron chi connectivity index (χ3n) is 6.87. The fraction of sp³-hybridized carbons (Fsp3) is 0.312. The van der Waals surface area contributed by atoms with Crippen molar-refractivity contribution in [2.75, 3.05) is 40.5 Å². The van der Waals surface area contributed by atoms with E-state index in [1.54, 1.807) is 25.2 Å². The maximum absolute atomic E-state index is 13.8. The van der Waals surface area contributed by atoms with Crippen LogP contribution in [0.4, 0.5) is 0 Å². The Balaban J connectivity index is 1.54. The number of H-pyrrole nitrogens is 1. The number of rotatable bonds is 13. The van der Waals surface area contributed by atoms with Gasteiger partial charge in [0.15, 0.2) is 0 Å². The number of benzene rings is 3. The van der Waals surface area contributed by atoms with E-state index in [9.17, 15) is 9.59 Å². The van der Waals surface area contributed by atoms with Crippen molar-refractivity contribution < 1.29 is 19.1 Å². The van der Waals surface area contributed by atoms with E-state index in [2.05, 4.69) is 11.1 Å². The third-order valence-corrected chi connectivity index (χ3v) is 6.87. The molecular weight excluding hydrogens is 490 g/mol. The smallest absolute Gasteiger partial charge is 0.254 e. The molecule has 39 heavy (non-hydrogen) atoms. The molecule has 4 rings (SSSR count). The maximum Gasteiger partial charge on any atom is 0.254 e. The van der Waals surface area contributed by atoms with Crippen molar-refractivity contribution in [3.8, 4) is 5.75 Å². The van der Waals surface area contributed by atoms with E-state index in [-0.39, 0.29) is 18.4 Å². The zero-order chi connectivity index (χ0) is 27.6. The Morgan fingerprint density at radius 1 is 0.897 bits per heavy atom. The minimum absolute atomic E-state index is 0.000525. The number of carbonyl (C=O) groups is 2. The summed E-state index contributed by atoms with van der Waals surface area (Å²) in [5.74, 6) is 0.525. The van der Waals surface area contributed by atoms with Crippen LogP contribution in [0.25, 0.3) is 10.9 Å². The van der Waals surface area contributed by atoms with Crippen molar-refractivity contribution in [2.24, 2.45) is 0 Å². The van der Waals surface area contributed by atoms with Gasteiger partial charge < -0.3 is 24.3 Å². The third kappa shape index (κ3) is 7.48. The molecule has 0 aliphatic rings. The molecule has 0 bridgehead atoms. The van der Waals surface area contributed by atoms with Gasteiger partial charge in [-0.15, -0.1) is 0 Å². The highest BCUT2D eigenvalue weighted by molar-refractivity contribution is 5.96. The summed E-state index contributed by atoms with van der Waals surface area (Å²) >= 11 is 0. The number of aromatic amines is 1. The number of carbonyl (C=O) groups excluding carboxylic acids is 2. The van der Waals surface area contributed by atoms with Gasteiger partial charge in [-0.2, -0.15) is 0 Å². The predicted octanol–water partition coefficient (Wildman–Crippen LogP) is 5.24. The highest BCUT2D eigenvalue weighted by Crippen LogP contribution is 2.20. The predicted molar refractivity (Wildman–Crippen MR) is 154 cm³/mol. The van der Waals surface area contributed by atoms with Crippen LogP contribution in [0.3, 0.4) is 0 Å². The zero-order valence-electron chi connectivity index (χ0n) is 23.0. The van der Waals surface area contributed by atoms with Crippen LogP contribution in [-0.2, 0) is 22.5 Å². The minimum atomic E-state index is -0.149. The molecule has 1 heterocycles. The first kappa shape index (κ1) is 27.9. The zero-order valence-corrected chi connectivity index (χ0v) is 23.0. The SMILES string of the molecule is COCCCN(CC(=O)N(CCc1c[nH]c2ccccc12)Cc1ccc(OC)cc1)C(=O)c1cccc(C)c1. The average molecular weight is 528 g/mol. The number of aromatic nitrogens is 1. The van der Waals surface area contributed by atoms with Crippen LogP contribution >= 0.6 is 0 Å². The van der Waals surface area contributed by atoms with Crippen LogP contribution in [-0.4, -0.2) is 67.1 Å². The molecule has 0 aliphatic heterocycles. The van der Waals surface area contributed by atoms with Crippen LogP contribution < -0.4 is 4.74 Å². The molecule has 0 unspecified atom stereocenters. The normalized spacial score (nSPS) is 10.9. The molecule has 0 fully saturated rings. The Morgan fingerprint density at radius 2 is 1.69 bits per heavy atom. The van der Waals surface area contributed by atoms with Gasteiger partial charge in [0.1, 0.15) is 12.3 Å². The van der Waals surface area contributed by atoms with Gasteiger partial charge in [0, 0.05) is 56.0 Å². The summed E-state index contributed by atoms with van der Waals surface area (Å²) in [5.41, 5.74) is 4.82. The van der Waals surface area contributed by atoms with Gasteiger partial charge >= 0.3 is 0 Å². The minimum Gasteiger partial charge on any atom is -0.497 e. The molecule has 4 aromatic rings. The van der Waals surface area contributed by atoms with E-state index in [0.29, 0.717) is 44.6 Å². The molecule has 7 nitrogen and oxygen atoms in total. The molecule has 1 N–H and O–H groups in total. The summed E-state index contributed by atoms with van der Waals surface area (Å²) in [7, 11) is 3.27. The van der Waals surface area contributed by atoms with E-state index in [1.165, 1.54) is 0 Å². The molecule has 0 radical (unpaired) electrons. The largest absolute Gasteiger partial charge is 0.497 e. The monoisotopic (exact) mass is 527 g/mol. The highest BCUT2D eigenvalue weighted by atomic mass is 16.5. The summed E-state index contributed by atoms with van der Waals surface area (Å²) < 4.78 is 10.5. The Hall–Kier alpha value is -4.10. The number of hydrogen-bond donors (Lipinski definition) is 1. The lowest BCUT2D eigenvalue weighted by Gasteiger charge is -2.28. The van der Waals surface area contributed by atoms with Gasteiger partial charge in [0.05, 0.1) is 7.11 Å². The van der Waals surface area contributed by atoms with Gasteiger partial charge in [0.25, 0.3) is 5.91 Å². The Kier molecular flexibility index (Phi) is 9.75. The second-order valence-corrected chi connectivity index (χ2v) is 9.72. The number of hydrogen-bond acceptors (Lipinski definition) is 4. The van der Waals surface area contributed by atoms with Crippen LogP contribution in [0.15, 0.2) is 79.0 Å². The number of para-hydroxylation sites is 1. The van der Waals surface area contributed by atoms with E-state index in [4.69, 9.17) is 9.47 Å². The van der Waals surface area contributed by atoms with Crippen LogP contribution in [0.2, 0.25) is 0 Å². The van der Waals surface area contributed by atoms with Crippen molar-refractivity contribution in [3.63, 3.8) is 0 Å². The summed E-state index contributed by atoms with van der Waals surface area (Å²) in [6.45, 7) is 3.87. The highest BCUT2D eigenvalue weighted by Gasteiger charge is 2.23. The van der Waals surface area contributed by atoms with Gasteiger partial charge in [-0.25, -0.2) is 0 Å². The molecule has 2 amide bonds. The molecule has 7 heteroatoms. The summed E-state index contributed by atoms with van der Waals surface area (Å²) in [6, 6.07) is 23.4. The topological polar surface area (TPSA) is 74.9 Å². The Morgan fingerprint density at radius 3 is 2.44 bits per heavy atom. The first-order chi connectivity index (χ1) is 19.0. The Labute approximate surface area is 230 Å². The molecule has 1 aromatic heterocycles. The maximum atomic E-state index is 13.8. The van der Waals surface area contributed by atoms with Crippen molar-refractivity contribution in [1.29, 1.82) is 0 Å². The fourth-order valence-corrected chi connectivity index (χ4v) is 4.71. The second kappa shape index (κ2) is 13.6. The average Bonchev–Trinajstić information content (AvgIpc) is 3.37. The lowest BCUT2D eigenvalue weighted by atomic mass is 10.1. The van der Waals surface area contributed by atoms with E-state index < -0.39 is 0 Å². The van der Waals surface area contributed by atoms with Crippen LogP contribution in [0.5, 0.6) is 5.75 Å². The molecular formula is C32H37N3O4. The fourth-order valence-electron chi connectivity index (χ4n) is 4.71. The molecule has 0 atom stereocenters. The van der Waals surface area contributed by atoms with Gasteiger partial charge in [-0.05, 0) is 61.2 Å². The van der Waals surface area contributed by atoms with Crippen LogP contribution in [0.1, 0.15) is 33.5 Å². The van der Waals surface area contributed by atoms with Gasteiger partial charge in [-0.1, -0.05) is 48.0 Å². The van der Waals surface area contributed by atoms with Crippen molar-refractivity contribution >= 4 is 22.7 Å². The summed E-state index contributed by atoms with van der Waals surface area (Å²) in [5, 5.41) is 1.16. The van der Waals surface area contributed by atoms with E-state index >= 15 is 0 Å². The molecule has 0 spiro atoms. The Bertz CT molecular complexity index is 1380. The number of nitrogens with zero attached hydrogens (tertiary/aromatic N) is 2. The first-order valence-corrected chi connectivity index (χ1v) is 13.3. The number of ether oxygens (including phenoxy) is 2. The second-order valence-electron chi connectivity index (χ2n) is 9.72. The lowest BCUT2D eigenvalue weighted by molar-refractivity contribution is -0.132. The van der Waals surface area contributed by atoms with Crippen molar-refractivity contribution in [3.05, 3.63) is 101 Å². The molecule has 0 saturated carbocycles.